The Kier molecular flexibility index (Phi) is 5.08. The molecule has 1 amide bonds. The summed E-state index contributed by atoms with van der Waals surface area (Å²) in [5, 5.41) is 5.56. The van der Waals surface area contributed by atoms with Gasteiger partial charge in [0.15, 0.2) is 0 Å². The summed E-state index contributed by atoms with van der Waals surface area (Å²) < 4.78 is 6.59. The van der Waals surface area contributed by atoms with Gasteiger partial charge in [-0.3, -0.25) is 9.59 Å². The number of esters is 1. The van der Waals surface area contributed by atoms with Crippen molar-refractivity contribution < 1.29 is 14.3 Å². The highest BCUT2D eigenvalue weighted by atomic mass is 32.1. The predicted octanol–water partition coefficient (Wildman–Crippen LogP) is 3.28. The van der Waals surface area contributed by atoms with Crippen LogP contribution in [0.1, 0.15) is 22.3 Å². The number of hydrogen-bond acceptors (Lipinski definition) is 5. The molecule has 0 fully saturated rings. The minimum absolute atomic E-state index is 0.110. The van der Waals surface area contributed by atoms with Crippen LogP contribution in [0, 0.1) is 12.8 Å². The maximum absolute atomic E-state index is 12.8. The molecule has 0 saturated heterocycles. The summed E-state index contributed by atoms with van der Waals surface area (Å²) in [6, 6.07) is 11.7. The van der Waals surface area contributed by atoms with Crippen molar-refractivity contribution in [2.24, 2.45) is 5.92 Å². The van der Waals surface area contributed by atoms with E-state index in [1.54, 1.807) is 18.9 Å². The van der Waals surface area contributed by atoms with E-state index in [2.05, 4.69) is 5.10 Å². The van der Waals surface area contributed by atoms with Crippen LogP contribution >= 0.6 is 11.3 Å². The molecule has 0 aliphatic carbocycles. The van der Waals surface area contributed by atoms with Gasteiger partial charge in [0, 0.05) is 19.0 Å². The van der Waals surface area contributed by atoms with E-state index in [-0.39, 0.29) is 17.8 Å². The summed E-state index contributed by atoms with van der Waals surface area (Å²) in [4.78, 5) is 27.5. The van der Waals surface area contributed by atoms with Crippen molar-refractivity contribution in [3.8, 4) is 5.69 Å². The number of thiophene rings is 1. The first kappa shape index (κ1) is 18.1. The third kappa shape index (κ3) is 3.35. The molecule has 0 radical (unpaired) electrons. The molecule has 136 valence electrons. The van der Waals surface area contributed by atoms with Gasteiger partial charge in [-0.1, -0.05) is 25.1 Å². The number of para-hydroxylation sites is 1. The molecule has 0 spiro atoms. The number of nitrogens with zero attached hydrogens (tertiary/aromatic N) is 3. The van der Waals surface area contributed by atoms with Crippen LogP contribution in [0.5, 0.6) is 0 Å². The lowest BCUT2D eigenvalue weighted by Gasteiger charge is -2.19. The first-order valence-corrected chi connectivity index (χ1v) is 9.12. The largest absolute Gasteiger partial charge is 0.469 e. The van der Waals surface area contributed by atoms with Crippen molar-refractivity contribution in [2.45, 2.75) is 13.8 Å². The summed E-state index contributed by atoms with van der Waals surface area (Å²) in [5.74, 6) is -0.803. The number of amides is 1. The fourth-order valence-corrected chi connectivity index (χ4v) is 4.03. The summed E-state index contributed by atoms with van der Waals surface area (Å²) in [6.07, 6.45) is 0. The van der Waals surface area contributed by atoms with Gasteiger partial charge in [-0.25, -0.2) is 4.68 Å². The maximum atomic E-state index is 12.8. The highest BCUT2D eigenvalue weighted by Gasteiger charge is 2.23. The minimum atomic E-state index is -0.370. The number of carbonyl (C=O) groups is 2. The Morgan fingerprint density at radius 3 is 2.65 bits per heavy atom. The lowest BCUT2D eigenvalue weighted by Crippen LogP contribution is -2.33. The van der Waals surface area contributed by atoms with Crippen molar-refractivity contribution in [3.05, 3.63) is 47.0 Å². The van der Waals surface area contributed by atoms with Gasteiger partial charge in [-0.05, 0) is 25.1 Å². The maximum Gasteiger partial charge on any atom is 0.310 e. The molecular weight excluding hydrogens is 350 g/mol. The Labute approximate surface area is 156 Å². The van der Waals surface area contributed by atoms with Crippen LogP contribution in [-0.4, -0.2) is 47.3 Å². The topological polar surface area (TPSA) is 64.4 Å². The molecule has 0 N–H and O–H groups in total. The summed E-state index contributed by atoms with van der Waals surface area (Å²) >= 11 is 1.41. The number of hydrogen-bond donors (Lipinski definition) is 0. The van der Waals surface area contributed by atoms with E-state index in [1.165, 1.54) is 18.4 Å². The van der Waals surface area contributed by atoms with E-state index in [4.69, 9.17) is 4.74 Å². The monoisotopic (exact) mass is 371 g/mol. The van der Waals surface area contributed by atoms with E-state index >= 15 is 0 Å². The number of fused-ring (bicyclic) bond motifs is 1. The average molecular weight is 371 g/mol. The van der Waals surface area contributed by atoms with Crippen LogP contribution in [-0.2, 0) is 9.53 Å². The zero-order chi connectivity index (χ0) is 18.8. The SMILES string of the molecule is COC(=O)C(C)CN(C)C(=O)c1cc2c(C)nn(-c3ccccc3)c2s1. The van der Waals surface area contributed by atoms with Crippen molar-refractivity contribution in [1.82, 2.24) is 14.7 Å². The first-order valence-electron chi connectivity index (χ1n) is 8.30. The van der Waals surface area contributed by atoms with Gasteiger partial charge in [0.25, 0.3) is 5.91 Å². The fraction of sp³-hybridized carbons (Fsp3) is 0.316. The number of carbonyl (C=O) groups excluding carboxylic acids is 2. The summed E-state index contributed by atoms with van der Waals surface area (Å²) in [5.41, 5.74) is 1.84. The summed E-state index contributed by atoms with van der Waals surface area (Å²) in [6.45, 7) is 3.99. The predicted molar refractivity (Wildman–Crippen MR) is 102 cm³/mol. The van der Waals surface area contributed by atoms with Crippen molar-refractivity contribution >= 4 is 33.4 Å². The molecular formula is C19H21N3O3S. The average Bonchev–Trinajstić information content (AvgIpc) is 3.21. The fourth-order valence-electron chi connectivity index (χ4n) is 2.85. The van der Waals surface area contributed by atoms with Crippen LogP contribution in [0.3, 0.4) is 0 Å². The molecule has 0 aliphatic heterocycles. The normalized spacial score (nSPS) is 12.2. The molecule has 3 rings (SSSR count). The van der Waals surface area contributed by atoms with Gasteiger partial charge >= 0.3 is 5.97 Å². The Balaban J connectivity index is 1.90. The zero-order valence-electron chi connectivity index (χ0n) is 15.2. The number of rotatable bonds is 5. The second-order valence-corrected chi connectivity index (χ2v) is 7.30. The number of benzene rings is 1. The van der Waals surface area contributed by atoms with E-state index in [9.17, 15) is 9.59 Å². The second-order valence-electron chi connectivity index (χ2n) is 6.27. The zero-order valence-corrected chi connectivity index (χ0v) is 16.0. The molecule has 3 aromatic rings. The molecule has 26 heavy (non-hydrogen) atoms. The lowest BCUT2D eigenvalue weighted by atomic mass is 10.1. The number of methoxy groups -OCH3 is 1. The first-order chi connectivity index (χ1) is 12.4. The quantitative estimate of drug-likeness (QED) is 0.646. The van der Waals surface area contributed by atoms with Crippen LogP contribution in [0.2, 0.25) is 0 Å². The highest BCUT2D eigenvalue weighted by molar-refractivity contribution is 7.20. The van der Waals surface area contributed by atoms with Crippen LogP contribution in [0.15, 0.2) is 36.4 Å². The molecule has 0 bridgehead atoms. The van der Waals surface area contributed by atoms with Gasteiger partial charge in [-0.15, -0.1) is 11.3 Å². The molecule has 1 aromatic carbocycles. The van der Waals surface area contributed by atoms with Gasteiger partial charge in [0.1, 0.15) is 4.83 Å². The van der Waals surface area contributed by atoms with Crippen LogP contribution in [0.4, 0.5) is 0 Å². The van der Waals surface area contributed by atoms with Gasteiger partial charge in [0.05, 0.1) is 29.3 Å². The van der Waals surface area contributed by atoms with Crippen LogP contribution in [0.25, 0.3) is 15.9 Å². The Bertz CT molecular complexity index is 946. The second kappa shape index (κ2) is 7.29. The third-order valence-electron chi connectivity index (χ3n) is 4.25. The lowest BCUT2D eigenvalue weighted by molar-refractivity contribution is -0.145. The summed E-state index contributed by atoms with van der Waals surface area (Å²) in [7, 11) is 3.05. The molecule has 0 aliphatic rings. The third-order valence-corrected chi connectivity index (χ3v) is 5.35. The van der Waals surface area contributed by atoms with Gasteiger partial charge < -0.3 is 9.64 Å². The number of ether oxygens (including phenoxy) is 1. The van der Waals surface area contributed by atoms with E-state index in [1.807, 2.05) is 48.0 Å². The standard InChI is InChI=1S/C19H21N3O3S/c1-12(19(24)25-4)11-21(3)17(23)16-10-15-13(2)20-22(18(15)26-16)14-8-6-5-7-9-14/h5-10,12H,11H2,1-4H3. The Morgan fingerprint density at radius 1 is 1.31 bits per heavy atom. The van der Waals surface area contributed by atoms with Crippen molar-refractivity contribution in [1.29, 1.82) is 0 Å². The molecule has 2 aromatic heterocycles. The van der Waals surface area contributed by atoms with Gasteiger partial charge in [-0.2, -0.15) is 5.10 Å². The highest BCUT2D eigenvalue weighted by Crippen LogP contribution is 2.31. The Morgan fingerprint density at radius 2 is 2.00 bits per heavy atom. The molecule has 2 heterocycles. The van der Waals surface area contributed by atoms with Crippen molar-refractivity contribution in [3.63, 3.8) is 0 Å². The number of aryl methyl sites for hydroxylation is 1. The molecule has 7 heteroatoms. The molecule has 1 unspecified atom stereocenters. The molecule has 6 nitrogen and oxygen atoms in total. The minimum Gasteiger partial charge on any atom is -0.469 e. The molecule has 0 saturated carbocycles. The van der Waals surface area contributed by atoms with Gasteiger partial charge in [0.2, 0.25) is 0 Å². The number of aromatic nitrogens is 2. The Hall–Kier alpha value is -2.67. The van der Waals surface area contributed by atoms with E-state index < -0.39 is 0 Å². The van der Waals surface area contributed by atoms with E-state index in [0.717, 1.165) is 21.6 Å². The van der Waals surface area contributed by atoms with E-state index in [0.29, 0.717) is 11.4 Å². The van der Waals surface area contributed by atoms with Crippen LogP contribution < -0.4 is 0 Å². The smallest absolute Gasteiger partial charge is 0.310 e. The molecule has 1 atom stereocenters. The van der Waals surface area contributed by atoms with Crippen molar-refractivity contribution in [2.75, 3.05) is 20.7 Å².